The van der Waals surface area contributed by atoms with E-state index in [1.165, 1.54) is 36.7 Å². The molecule has 5 rings (SSSR count). The van der Waals surface area contributed by atoms with Crippen molar-refractivity contribution in [3.63, 3.8) is 0 Å². The van der Waals surface area contributed by atoms with Crippen LogP contribution in [0.15, 0.2) is 90.1 Å². The summed E-state index contributed by atoms with van der Waals surface area (Å²) in [7, 11) is -2.33. The van der Waals surface area contributed by atoms with Gasteiger partial charge in [0.15, 0.2) is 6.10 Å². The van der Waals surface area contributed by atoms with Crippen molar-refractivity contribution in [1.82, 2.24) is 19.9 Å². The number of benzene rings is 3. The summed E-state index contributed by atoms with van der Waals surface area (Å²) >= 11 is 0. The first kappa shape index (κ1) is 28.2. The number of amides is 1. The Morgan fingerprint density at radius 1 is 0.976 bits per heavy atom. The Morgan fingerprint density at radius 3 is 2.36 bits per heavy atom. The summed E-state index contributed by atoms with van der Waals surface area (Å²) in [5.74, 6) is 0.0710. The number of H-pyrrole nitrogens is 1. The van der Waals surface area contributed by atoms with Gasteiger partial charge in [0, 0.05) is 23.6 Å². The number of nitrogens with zero attached hydrogens (tertiary/aromatic N) is 3. The number of aromatic nitrogens is 4. The Hall–Kier alpha value is -5.30. The van der Waals surface area contributed by atoms with Crippen LogP contribution in [0.2, 0.25) is 0 Å². The molecule has 1 amide bonds. The number of sulfonamides is 1. The lowest BCUT2D eigenvalue weighted by molar-refractivity contribution is -0.124. The number of hydrogen-bond acceptors (Lipinski definition) is 9. The van der Waals surface area contributed by atoms with Crippen molar-refractivity contribution < 1.29 is 27.5 Å². The molecule has 2 aromatic heterocycles. The fraction of sp³-hybridized carbons (Fsp3) is 0.138. The van der Waals surface area contributed by atoms with E-state index in [1.807, 2.05) is 24.3 Å². The maximum absolute atomic E-state index is 12.9. The molecular formula is C29H26N6O6S. The minimum atomic E-state index is -3.93. The number of carbonyl (C=O) groups is 2. The monoisotopic (exact) mass is 586 g/mol. The van der Waals surface area contributed by atoms with Crippen molar-refractivity contribution in [2.75, 3.05) is 17.1 Å². The summed E-state index contributed by atoms with van der Waals surface area (Å²) in [6.07, 6.45) is 1.97. The van der Waals surface area contributed by atoms with Crippen LogP contribution in [0.25, 0.3) is 22.4 Å². The number of rotatable bonds is 10. The molecule has 0 fully saturated rings. The molecule has 0 radical (unpaired) electrons. The van der Waals surface area contributed by atoms with Gasteiger partial charge in [-0.3, -0.25) is 4.79 Å². The van der Waals surface area contributed by atoms with E-state index in [2.05, 4.69) is 30.0 Å². The summed E-state index contributed by atoms with van der Waals surface area (Å²) in [5, 5.41) is 2.66. The third-order valence-corrected chi connectivity index (χ3v) is 7.56. The molecule has 12 nitrogen and oxygen atoms in total. The molecule has 1 atom stereocenters. The predicted molar refractivity (Wildman–Crippen MR) is 155 cm³/mol. The van der Waals surface area contributed by atoms with E-state index in [1.54, 1.807) is 38.3 Å². The first-order chi connectivity index (χ1) is 20.3. The topological polar surface area (TPSA) is 165 Å². The van der Waals surface area contributed by atoms with Crippen molar-refractivity contribution in [3.05, 3.63) is 90.8 Å². The first-order valence-electron chi connectivity index (χ1n) is 12.8. The lowest BCUT2D eigenvalue weighted by Gasteiger charge is -2.16. The number of aromatic amines is 1. The Balaban J connectivity index is 1.23. The van der Waals surface area contributed by atoms with Crippen molar-refractivity contribution >= 4 is 44.6 Å². The second-order valence-corrected chi connectivity index (χ2v) is 10.7. The van der Waals surface area contributed by atoms with E-state index >= 15 is 0 Å². The van der Waals surface area contributed by atoms with Crippen molar-refractivity contribution in [2.45, 2.75) is 24.3 Å². The van der Waals surface area contributed by atoms with Gasteiger partial charge < -0.3 is 19.8 Å². The van der Waals surface area contributed by atoms with Crippen LogP contribution in [0.4, 0.5) is 11.6 Å². The van der Waals surface area contributed by atoms with Crippen LogP contribution in [0, 0.1) is 0 Å². The van der Waals surface area contributed by atoms with E-state index in [9.17, 15) is 18.0 Å². The molecule has 0 aliphatic rings. The molecule has 0 aliphatic carbocycles. The van der Waals surface area contributed by atoms with Crippen molar-refractivity contribution in [3.8, 4) is 17.1 Å². The molecule has 13 heteroatoms. The second-order valence-electron chi connectivity index (χ2n) is 9.04. The number of fused-ring (bicyclic) bond motifs is 1. The minimum Gasteiger partial charge on any atom is -0.497 e. The number of carbonyl (C=O) groups excluding carboxylic acids is 2. The molecule has 5 aromatic rings. The molecule has 0 saturated carbocycles. The fourth-order valence-corrected chi connectivity index (χ4v) is 4.97. The summed E-state index contributed by atoms with van der Waals surface area (Å²) in [5.41, 5.74) is 2.73. The normalized spacial score (nSPS) is 12.0. The Kier molecular flexibility index (Phi) is 8.11. The minimum absolute atomic E-state index is 0.0456. The van der Waals surface area contributed by atoms with Crippen LogP contribution in [-0.4, -0.2) is 53.4 Å². The summed E-state index contributed by atoms with van der Waals surface area (Å²) in [6, 6.07) is 19.4. The molecule has 3 aromatic carbocycles. The highest BCUT2D eigenvalue weighted by atomic mass is 32.2. The smallest absolute Gasteiger partial charge is 0.338 e. The van der Waals surface area contributed by atoms with Crippen molar-refractivity contribution in [2.24, 2.45) is 0 Å². The van der Waals surface area contributed by atoms with Gasteiger partial charge in [-0.25, -0.2) is 32.9 Å². The van der Waals surface area contributed by atoms with Gasteiger partial charge >= 0.3 is 5.97 Å². The maximum Gasteiger partial charge on any atom is 0.338 e. The number of esters is 1. The molecular weight excluding hydrogens is 560 g/mol. The zero-order chi connectivity index (χ0) is 29.7. The predicted octanol–water partition coefficient (Wildman–Crippen LogP) is 4.40. The van der Waals surface area contributed by atoms with Gasteiger partial charge in [0.1, 0.15) is 11.6 Å². The van der Waals surface area contributed by atoms with E-state index in [0.717, 1.165) is 11.3 Å². The number of ether oxygens (including phenoxy) is 2. The van der Waals surface area contributed by atoms with Crippen LogP contribution < -0.4 is 14.8 Å². The molecule has 2 heterocycles. The third kappa shape index (κ3) is 6.36. The fourth-order valence-electron chi connectivity index (χ4n) is 4.01. The SMILES string of the molecule is CCC(OC(=O)c1ccc2nc(-c3ccc(OC)cc3)[nH]c2c1)C(=O)Nc1ccc(S(=O)(=O)Nc2ncccn2)cc1. The third-order valence-electron chi connectivity index (χ3n) is 6.22. The Morgan fingerprint density at radius 2 is 1.69 bits per heavy atom. The quantitative estimate of drug-likeness (QED) is 0.201. The van der Waals surface area contributed by atoms with Gasteiger partial charge in [0.2, 0.25) is 5.95 Å². The molecule has 3 N–H and O–H groups in total. The Labute approximate surface area is 241 Å². The lowest BCUT2D eigenvalue weighted by Crippen LogP contribution is -2.32. The van der Waals surface area contributed by atoms with Gasteiger partial charge in [-0.05, 0) is 79.2 Å². The number of hydrogen-bond donors (Lipinski definition) is 3. The molecule has 1 unspecified atom stereocenters. The average Bonchev–Trinajstić information content (AvgIpc) is 3.44. The molecule has 0 saturated heterocycles. The van der Waals surface area contributed by atoms with E-state index in [-0.39, 0.29) is 22.8 Å². The molecule has 0 aliphatic heterocycles. The van der Waals surface area contributed by atoms with Crippen LogP contribution in [-0.2, 0) is 19.6 Å². The maximum atomic E-state index is 12.9. The molecule has 42 heavy (non-hydrogen) atoms. The van der Waals surface area contributed by atoms with Crippen LogP contribution in [0.3, 0.4) is 0 Å². The van der Waals surface area contributed by atoms with Crippen LogP contribution >= 0.6 is 0 Å². The van der Waals surface area contributed by atoms with E-state index in [0.29, 0.717) is 22.5 Å². The van der Waals surface area contributed by atoms with Gasteiger partial charge in [-0.1, -0.05) is 6.92 Å². The van der Waals surface area contributed by atoms with E-state index in [4.69, 9.17) is 9.47 Å². The number of methoxy groups -OCH3 is 1. The molecule has 0 bridgehead atoms. The van der Waals surface area contributed by atoms with Gasteiger partial charge in [-0.2, -0.15) is 0 Å². The number of imidazole rings is 1. The zero-order valence-electron chi connectivity index (χ0n) is 22.6. The van der Waals surface area contributed by atoms with Crippen LogP contribution in [0.1, 0.15) is 23.7 Å². The van der Waals surface area contributed by atoms with Gasteiger partial charge in [0.25, 0.3) is 15.9 Å². The van der Waals surface area contributed by atoms with E-state index < -0.39 is 28.0 Å². The summed E-state index contributed by atoms with van der Waals surface area (Å²) in [6.45, 7) is 1.71. The summed E-state index contributed by atoms with van der Waals surface area (Å²) in [4.78, 5) is 41.2. The average molecular weight is 587 g/mol. The largest absolute Gasteiger partial charge is 0.497 e. The highest BCUT2D eigenvalue weighted by Gasteiger charge is 2.23. The second kappa shape index (κ2) is 12.1. The molecule has 0 spiro atoms. The summed E-state index contributed by atoms with van der Waals surface area (Å²) < 4.78 is 38.1. The zero-order valence-corrected chi connectivity index (χ0v) is 23.4. The highest BCUT2D eigenvalue weighted by Crippen LogP contribution is 2.24. The highest BCUT2D eigenvalue weighted by molar-refractivity contribution is 7.92. The number of nitrogens with one attached hydrogen (secondary N) is 3. The van der Waals surface area contributed by atoms with Gasteiger partial charge in [0.05, 0.1) is 28.6 Å². The van der Waals surface area contributed by atoms with Crippen molar-refractivity contribution in [1.29, 1.82) is 0 Å². The lowest BCUT2D eigenvalue weighted by atomic mass is 10.2. The van der Waals surface area contributed by atoms with Gasteiger partial charge in [-0.15, -0.1) is 0 Å². The molecule has 214 valence electrons. The standard InChI is InChI=1S/C29H26N6O6S/c1-3-25(27(36)32-20-8-12-22(13-9-20)42(38,39)35-29-30-15-4-16-31-29)41-28(37)19-7-14-23-24(17-19)34-26(33-23)18-5-10-21(40-2)11-6-18/h4-17,25H,3H2,1-2H3,(H,32,36)(H,33,34)(H,30,31,35). The first-order valence-corrected chi connectivity index (χ1v) is 14.3. The Bertz CT molecular complexity index is 1820. The number of anilines is 2. The van der Waals surface area contributed by atoms with Crippen LogP contribution in [0.5, 0.6) is 5.75 Å².